The van der Waals surface area contributed by atoms with Gasteiger partial charge in [-0.1, -0.05) is 49.4 Å². The van der Waals surface area contributed by atoms with Gasteiger partial charge in [-0.05, 0) is 34.5 Å². The van der Waals surface area contributed by atoms with Crippen molar-refractivity contribution in [1.29, 1.82) is 0 Å². The van der Waals surface area contributed by atoms with Crippen molar-refractivity contribution in [1.82, 2.24) is 0 Å². The number of anilines is 1. The van der Waals surface area contributed by atoms with Crippen LogP contribution in [-0.4, -0.2) is 25.2 Å². The van der Waals surface area contributed by atoms with Crippen molar-refractivity contribution in [3.8, 4) is 5.75 Å². The second-order valence-corrected chi connectivity index (χ2v) is 8.27. The van der Waals surface area contributed by atoms with Crippen molar-refractivity contribution in [2.45, 2.75) is 18.2 Å². The number of hydrogen-bond donors (Lipinski definition) is 2. The molecule has 26 heavy (non-hydrogen) atoms. The molecule has 0 aliphatic heterocycles. The fourth-order valence-corrected chi connectivity index (χ4v) is 3.61. The number of nitrogens with one attached hydrogen (secondary N) is 1. The molecule has 0 bridgehead atoms. The summed E-state index contributed by atoms with van der Waals surface area (Å²) in [5, 5.41) is 14.6. The van der Waals surface area contributed by atoms with Crippen LogP contribution in [-0.2, 0) is 21.1 Å². The van der Waals surface area contributed by atoms with Gasteiger partial charge < -0.3 is 10.4 Å². The summed E-state index contributed by atoms with van der Waals surface area (Å²) >= 11 is 0. The van der Waals surface area contributed by atoms with E-state index in [-0.39, 0.29) is 34.4 Å². The van der Waals surface area contributed by atoms with E-state index in [1.54, 1.807) is 6.92 Å². The van der Waals surface area contributed by atoms with Gasteiger partial charge in [0, 0.05) is 0 Å². The zero-order valence-electron chi connectivity index (χ0n) is 14.3. The summed E-state index contributed by atoms with van der Waals surface area (Å²) in [6.45, 7) is 1.54. The van der Waals surface area contributed by atoms with E-state index in [0.717, 1.165) is 16.3 Å². The molecule has 0 aliphatic rings. The maximum atomic E-state index is 12.3. The molecular weight excluding hydrogens is 350 g/mol. The summed E-state index contributed by atoms with van der Waals surface area (Å²) in [4.78, 5) is 12.4. The van der Waals surface area contributed by atoms with Crippen molar-refractivity contribution in [2.24, 2.45) is 0 Å². The summed E-state index contributed by atoms with van der Waals surface area (Å²) in [6.07, 6.45) is 0.120. The number of fused-ring (bicyclic) bond motifs is 1. The van der Waals surface area contributed by atoms with Crippen LogP contribution in [0.25, 0.3) is 10.8 Å². The Kier molecular flexibility index (Phi) is 4.95. The zero-order valence-corrected chi connectivity index (χ0v) is 15.1. The van der Waals surface area contributed by atoms with Gasteiger partial charge in [-0.2, -0.15) is 0 Å². The van der Waals surface area contributed by atoms with Gasteiger partial charge in [-0.25, -0.2) is 8.42 Å². The highest BCUT2D eigenvalue weighted by atomic mass is 32.2. The second kappa shape index (κ2) is 7.17. The van der Waals surface area contributed by atoms with E-state index >= 15 is 0 Å². The van der Waals surface area contributed by atoms with E-state index < -0.39 is 9.84 Å². The molecule has 0 radical (unpaired) electrons. The predicted octanol–water partition coefficient (Wildman–Crippen LogP) is 3.52. The Morgan fingerprint density at radius 2 is 1.73 bits per heavy atom. The maximum Gasteiger partial charge on any atom is 0.228 e. The summed E-state index contributed by atoms with van der Waals surface area (Å²) in [5.41, 5.74) is 0.920. The lowest BCUT2D eigenvalue weighted by atomic mass is 10.0. The largest absolute Gasteiger partial charge is 0.506 e. The highest BCUT2D eigenvalue weighted by Gasteiger charge is 2.15. The fraction of sp³-hybridized carbons (Fsp3) is 0.150. The van der Waals surface area contributed by atoms with Gasteiger partial charge >= 0.3 is 0 Å². The van der Waals surface area contributed by atoms with Gasteiger partial charge in [-0.3, -0.25) is 4.79 Å². The molecule has 5 nitrogen and oxygen atoms in total. The monoisotopic (exact) mass is 369 g/mol. The van der Waals surface area contributed by atoms with Crippen molar-refractivity contribution in [2.75, 3.05) is 11.1 Å². The zero-order chi connectivity index (χ0) is 18.7. The molecule has 3 aromatic carbocycles. The molecule has 0 aromatic heterocycles. The molecule has 0 aliphatic carbocycles. The molecule has 0 fully saturated rings. The van der Waals surface area contributed by atoms with Crippen molar-refractivity contribution >= 4 is 32.2 Å². The van der Waals surface area contributed by atoms with Gasteiger partial charge in [0.1, 0.15) is 5.75 Å². The Balaban J connectivity index is 1.80. The van der Waals surface area contributed by atoms with E-state index in [1.807, 2.05) is 42.5 Å². The average Bonchev–Trinajstić information content (AvgIpc) is 2.63. The minimum atomic E-state index is -3.42. The normalized spacial score (nSPS) is 11.4. The van der Waals surface area contributed by atoms with E-state index in [9.17, 15) is 18.3 Å². The molecule has 6 heteroatoms. The van der Waals surface area contributed by atoms with Crippen LogP contribution >= 0.6 is 0 Å². The third kappa shape index (κ3) is 3.86. The maximum absolute atomic E-state index is 12.3. The minimum absolute atomic E-state index is 0.0533. The Labute approximate surface area is 152 Å². The van der Waals surface area contributed by atoms with Crippen molar-refractivity contribution < 1.29 is 18.3 Å². The van der Waals surface area contributed by atoms with Crippen LogP contribution < -0.4 is 5.32 Å². The van der Waals surface area contributed by atoms with Crippen LogP contribution in [0.1, 0.15) is 12.5 Å². The standard InChI is InChI=1S/C20H19NO4S/c1-2-26(24,25)17-9-10-19(22)18(13-17)21-20(23)12-14-7-8-15-5-3-4-6-16(15)11-14/h3-11,13,22H,2,12H2,1H3,(H,21,23). The number of phenols is 1. The predicted molar refractivity (Wildman–Crippen MR) is 102 cm³/mol. The molecule has 0 saturated heterocycles. The number of sulfone groups is 1. The molecule has 134 valence electrons. The molecule has 1 amide bonds. The third-order valence-electron chi connectivity index (χ3n) is 4.16. The Hall–Kier alpha value is -2.86. The molecule has 2 N–H and O–H groups in total. The smallest absolute Gasteiger partial charge is 0.228 e. The van der Waals surface area contributed by atoms with E-state index in [1.165, 1.54) is 18.2 Å². The molecule has 3 rings (SSSR count). The molecule has 3 aromatic rings. The summed E-state index contributed by atoms with van der Waals surface area (Å²) in [5.74, 6) is -0.559. The number of hydrogen-bond acceptors (Lipinski definition) is 4. The average molecular weight is 369 g/mol. The van der Waals surface area contributed by atoms with Crippen LogP contribution in [0.4, 0.5) is 5.69 Å². The Bertz CT molecular complexity index is 1070. The summed E-state index contributed by atoms with van der Waals surface area (Å²) < 4.78 is 23.9. The SMILES string of the molecule is CCS(=O)(=O)c1ccc(O)c(NC(=O)Cc2ccc3ccccc3c2)c1. The quantitative estimate of drug-likeness (QED) is 0.674. The lowest BCUT2D eigenvalue weighted by molar-refractivity contribution is -0.115. The van der Waals surface area contributed by atoms with E-state index in [4.69, 9.17) is 0 Å². The summed E-state index contributed by atoms with van der Waals surface area (Å²) in [6, 6.07) is 17.5. The van der Waals surface area contributed by atoms with Crippen LogP contribution in [0.15, 0.2) is 65.6 Å². The van der Waals surface area contributed by atoms with E-state index in [2.05, 4.69) is 5.32 Å². The van der Waals surface area contributed by atoms with Crippen LogP contribution in [0.5, 0.6) is 5.75 Å². The van der Waals surface area contributed by atoms with Gasteiger partial charge in [0.05, 0.1) is 22.8 Å². The number of amides is 1. The number of carbonyl (C=O) groups excluding carboxylic acids is 1. The van der Waals surface area contributed by atoms with E-state index in [0.29, 0.717) is 0 Å². The second-order valence-electron chi connectivity index (χ2n) is 5.99. The van der Waals surface area contributed by atoms with Crippen LogP contribution in [0, 0.1) is 0 Å². The summed E-state index contributed by atoms with van der Waals surface area (Å²) in [7, 11) is -3.42. The molecule has 0 unspecified atom stereocenters. The first-order chi connectivity index (χ1) is 12.4. The lowest BCUT2D eigenvalue weighted by Crippen LogP contribution is -2.15. The molecule has 0 spiro atoms. The number of phenolic OH excluding ortho intramolecular Hbond substituents is 1. The van der Waals surface area contributed by atoms with Gasteiger partial charge in [0.15, 0.2) is 9.84 Å². The molecule has 0 atom stereocenters. The number of aromatic hydroxyl groups is 1. The van der Waals surface area contributed by atoms with Crippen molar-refractivity contribution in [3.05, 3.63) is 66.2 Å². The first-order valence-corrected chi connectivity index (χ1v) is 9.87. The lowest BCUT2D eigenvalue weighted by Gasteiger charge is -2.10. The Morgan fingerprint density at radius 1 is 1.00 bits per heavy atom. The van der Waals surface area contributed by atoms with Crippen LogP contribution in [0.2, 0.25) is 0 Å². The fourth-order valence-electron chi connectivity index (χ4n) is 2.70. The topological polar surface area (TPSA) is 83.5 Å². The number of rotatable bonds is 5. The molecule has 0 heterocycles. The number of benzene rings is 3. The highest BCUT2D eigenvalue weighted by Crippen LogP contribution is 2.27. The van der Waals surface area contributed by atoms with Gasteiger partial charge in [0.25, 0.3) is 0 Å². The number of carbonyl (C=O) groups is 1. The van der Waals surface area contributed by atoms with Crippen molar-refractivity contribution in [3.63, 3.8) is 0 Å². The van der Waals surface area contributed by atoms with Crippen LogP contribution in [0.3, 0.4) is 0 Å². The first-order valence-electron chi connectivity index (χ1n) is 8.22. The molecular formula is C20H19NO4S. The third-order valence-corrected chi connectivity index (χ3v) is 5.89. The molecule has 0 saturated carbocycles. The van der Waals surface area contributed by atoms with Gasteiger partial charge in [-0.15, -0.1) is 0 Å². The minimum Gasteiger partial charge on any atom is -0.506 e. The van der Waals surface area contributed by atoms with Gasteiger partial charge in [0.2, 0.25) is 5.91 Å². The highest BCUT2D eigenvalue weighted by molar-refractivity contribution is 7.91. The first kappa shape index (κ1) is 17.9. The Morgan fingerprint density at radius 3 is 2.46 bits per heavy atom.